The summed E-state index contributed by atoms with van der Waals surface area (Å²) in [6, 6.07) is 9.54. The SMILES string of the molecule is Fc1ccc(CNc2nc(Cl)nc(Cc3ccc(F)c(F)c3)n2)cc1. The molecule has 0 unspecified atom stereocenters. The maximum Gasteiger partial charge on any atom is 0.227 e. The van der Waals surface area contributed by atoms with Crippen LogP contribution in [0, 0.1) is 17.5 Å². The van der Waals surface area contributed by atoms with E-state index in [0.29, 0.717) is 17.9 Å². The van der Waals surface area contributed by atoms with Crippen LogP contribution in [0.25, 0.3) is 0 Å². The van der Waals surface area contributed by atoms with Crippen molar-refractivity contribution in [2.24, 2.45) is 0 Å². The van der Waals surface area contributed by atoms with Crippen molar-refractivity contribution in [1.29, 1.82) is 0 Å². The van der Waals surface area contributed by atoms with E-state index in [1.807, 2.05) is 0 Å². The average molecular weight is 365 g/mol. The predicted molar refractivity (Wildman–Crippen MR) is 87.7 cm³/mol. The number of nitrogens with zero attached hydrogens (tertiary/aromatic N) is 3. The topological polar surface area (TPSA) is 50.7 Å². The van der Waals surface area contributed by atoms with E-state index in [0.717, 1.165) is 17.7 Å². The van der Waals surface area contributed by atoms with Crippen molar-refractivity contribution in [3.05, 3.63) is 82.2 Å². The fourth-order valence-electron chi connectivity index (χ4n) is 2.16. The van der Waals surface area contributed by atoms with Crippen molar-refractivity contribution >= 4 is 17.5 Å². The van der Waals surface area contributed by atoms with Crippen LogP contribution in [-0.4, -0.2) is 15.0 Å². The number of hydrogen-bond donors (Lipinski definition) is 1. The Hall–Kier alpha value is -2.67. The van der Waals surface area contributed by atoms with Crippen LogP contribution >= 0.6 is 11.6 Å². The van der Waals surface area contributed by atoms with Crippen LogP contribution in [0.5, 0.6) is 0 Å². The highest BCUT2D eigenvalue weighted by atomic mass is 35.5. The maximum absolute atomic E-state index is 13.3. The van der Waals surface area contributed by atoms with Gasteiger partial charge in [-0.05, 0) is 47.0 Å². The minimum Gasteiger partial charge on any atom is -0.350 e. The van der Waals surface area contributed by atoms with E-state index in [1.165, 1.54) is 18.2 Å². The predicted octanol–water partition coefficient (Wildman–Crippen LogP) is 4.15. The molecule has 0 amide bonds. The second kappa shape index (κ2) is 7.48. The Morgan fingerprint density at radius 2 is 1.56 bits per heavy atom. The smallest absolute Gasteiger partial charge is 0.227 e. The van der Waals surface area contributed by atoms with Crippen molar-refractivity contribution in [1.82, 2.24) is 15.0 Å². The van der Waals surface area contributed by atoms with Gasteiger partial charge < -0.3 is 5.32 Å². The van der Waals surface area contributed by atoms with Gasteiger partial charge in [-0.25, -0.2) is 18.2 Å². The summed E-state index contributed by atoms with van der Waals surface area (Å²) in [5.74, 6) is -1.62. The third-order valence-electron chi connectivity index (χ3n) is 3.36. The summed E-state index contributed by atoms with van der Waals surface area (Å²) in [6.45, 7) is 0.366. The van der Waals surface area contributed by atoms with Gasteiger partial charge in [-0.15, -0.1) is 0 Å². The Kier molecular flexibility index (Phi) is 5.14. The highest BCUT2D eigenvalue weighted by Crippen LogP contribution is 2.14. The lowest BCUT2D eigenvalue weighted by Gasteiger charge is -2.07. The Morgan fingerprint density at radius 3 is 2.28 bits per heavy atom. The summed E-state index contributed by atoms with van der Waals surface area (Å²) in [6.07, 6.45) is 0.171. The first-order chi connectivity index (χ1) is 12.0. The minimum atomic E-state index is -0.938. The fourth-order valence-corrected chi connectivity index (χ4v) is 2.34. The normalized spacial score (nSPS) is 10.7. The van der Waals surface area contributed by atoms with Crippen molar-refractivity contribution in [2.75, 3.05) is 5.32 Å². The molecule has 0 fully saturated rings. The van der Waals surface area contributed by atoms with Crippen LogP contribution in [-0.2, 0) is 13.0 Å². The molecule has 3 rings (SSSR count). The highest BCUT2D eigenvalue weighted by Gasteiger charge is 2.09. The number of rotatable bonds is 5. The van der Waals surface area contributed by atoms with Crippen LogP contribution in [0.1, 0.15) is 17.0 Å². The van der Waals surface area contributed by atoms with E-state index in [2.05, 4.69) is 20.3 Å². The van der Waals surface area contributed by atoms with Crippen molar-refractivity contribution in [3.63, 3.8) is 0 Å². The molecule has 0 spiro atoms. The van der Waals surface area contributed by atoms with Gasteiger partial charge in [-0.1, -0.05) is 18.2 Å². The van der Waals surface area contributed by atoms with Crippen LogP contribution in [0.3, 0.4) is 0 Å². The number of anilines is 1. The van der Waals surface area contributed by atoms with Gasteiger partial charge in [0.1, 0.15) is 11.6 Å². The summed E-state index contributed by atoms with van der Waals surface area (Å²) >= 11 is 5.89. The zero-order valence-corrected chi connectivity index (χ0v) is 13.6. The zero-order chi connectivity index (χ0) is 17.8. The molecule has 128 valence electrons. The molecule has 0 bridgehead atoms. The average Bonchev–Trinajstić information content (AvgIpc) is 2.57. The molecule has 0 aliphatic rings. The van der Waals surface area contributed by atoms with E-state index >= 15 is 0 Å². The Labute approximate surface area is 146 Å². The van der Waals surface area contributed by atoms with Crippen LogP contribution in [0.15, 0.2) is 42.5 Å². The summed E-state index contributed by atoms with van der Waals surface area (Å²) in [4.78, 5) is 12.2. The monoisotopic (exact) mass is 364 g/mol. The first kappa shape index (κ1) is 17.2. The molecule has 0 aliphatic heterocycles. The summed E-state index contributed by atoms with van der Waals surface area (Å²) in [5.41, 5.74) is 1.34. The Bertz CT molecular complexity index is 888. The Morgan fingerprint density at radius 1 is 0.840 bits per heavy atom. The van der Waals surface area contributed by atoms with Gasteiger partial charge in [0.05, 0.1) is 0 Å². The number of hydrogen-bond acceptors (Lipinski definition) is 4. The lowest BCUT2D eigenvalue weighted by molar-refractivity contribution is 0.507. The standard InChI is InChI=1S/C17H12ClF3N4/c18-16-23-15(8-11-3-6-13(20)14(21)7-11)24-17(25-16)22-9-10-1-4-12(19)5-2-10/h1-7H,8-9H2,(H,22,23,24,25). The van der Waals surface area contributed by atoms with Gasteiger partial charge in [0.25, 0.3) is 0 Å². The van der Waals surface area contributed by atoms with Crippen LogP contribution in [0.4, 0.5) is 19.1 Å². The first-order valence-electron chi connectivity index (χ1n) is 7.32. The first-order valence-corrected chi connectivity index (χ1v) is 7.70. The molecular weight excluding hydrogens is 353 g/mol. The third kappa shape index (κ3) is 4.67. The van der Waals surface area contributed by atoms with E-state index in [9.17, 15) is 13.2 Å². The zero-order valence-electron chi connectivity index (χ0n) is 12.8. The number of nitrogens with one attached hydrogen (secondary N) is 1. The van der Waals surface area contributed by atoms with E-state index in [4.69, 9.17) is 11.6 Å². The number of aromatic nitrogens is 3. The van der Waals surface area contributed by atoms with E-state index < -0.39 is 11.6 Å². The lowest BCUT2D eigenvalue weighted by atomic mass is 10.1. The third-order valence-corrected chi connectivity index (χ3v) is 3.53. The molecular formula is C17H12ClF3N4. The van der Waals surface area contributed by atoms with Gasteiger partial charge in [0.2, 0.25) is 11.2 Å². The van der Waals surface area contributed by atoms with Crippen LogP contribution in [0.2, 0.25) is 5.28 Å². The molecule has 8 heteroatoms. The lowest BCUT2D eigenvalue weighted by Crippen LogP contribution is -2.08. The molecule has 0 radical (unpaired) electrons. The Balaban J connectivity index is 1.73. The second-order valence-corrected chi connectivity index (χ2v) is 5.59. The highest BCUT2D eigenvalue weighted by molar-refractivity contribution is 6.28. The molecule has 1 aromatic heterocycles. The second-order valence-electron chi connectivity index (χ2n) is 5.25. The molecule has 0 saturated heterocycles. The molecule has 3 aromatic rings. The number of halogens is 4. The van der Waals surface area contributed by atoms with Gasteiger partial charge in [0.15, 0.2) is 11.6 Å². The molecule has 1 N–H and O–H groups in total. The maximum atomic E-state index is 13.3. The van der Waals surface area contributed by atoms with Crippen molar-refractivity contribution < 1.29 is 13.2 Å². The quantitative estimate of drug-likeness (QED) is 0.739. The van der Waals surface area contributed by atoms with Gasteiger partial charge in [0, 0.05) is 13.0 Å². The van der Waals surface area contributed by atoms with Gasteiger partial charge in [-0.2, -0.15) is 9.97 Å². The molecule has 0 atom stereocenters. The minimum absolute atomic E-state index is 0.0193. The molecule has 25 heavy (non-hydrogen) atoms. The summed E-state index contributed by atoms with van der Waals surface area (Å²) in [7, 11) is 0. The number of benzene rings is 2. The van der Waals surface area contributed by atoms with Gasteiger partial charge >= 0.3 is 0 Å². The molecule has 2 aromatic carbocycles. The molecule has 1 heterocycles. The van der Waals surface area contributed by atoms with Crippen molar-refractivity contribution in [2.45, 2.75) is 13.0 Å². The molecule has 0 saturated carbocycles. The molecule has 0 aliphatic carbocycles. The van der Waals surface area contributed by atoms with E-state index in [-0.39, 0.29) is 23.5 Å². The summed E-state index contributed by atoms with van der Waals surface area (Å²) < 4.78 is 39.2. The van der Waals surface area contributed by atoms with E-state index in [1.54, 1.807) is 12.1 Å². The molecule has 4 nitrogen and oxygen atoms in total. The fraction of sp³-hybridized carbons (Fsp3) is 0.118. The largest absolute Gasteiger partial charge is 0.350 e. The summed E-state index contributed by atoms with van der Waals surface area (Å²) in [5, 5.41) is 2.95. The van der Waals surface area contributed by atoms with Crippen molar-refractivity contribution in [3.8, 4) is 0 Å². The van der Waals surface area contributed by atoms with Crippen LogP contribution < -0.4 is 5.32 Å². The van der Waals surface area contributed by atoms with Gasteiger partial charge in [-0.3, -0.25) is 0 Å².